The number of rotatable bonds is 4. The third-order valence-electron chi connectivity index (χ3n) is 1.13. The first kappa shape index (κ1) is 14.1. The molecule has 0 aliphatic carbocycles. The van der Waals surface area contributed by atoms with Gasteiger partial charge in [-0.1, -0.05) is 13.8 Å². The maximum atomic E-state index is 10.7. The Morgan fingerprint density at radius 3 is 2.00 bits per heavy atom. The lowest BCUT2D eigenvalue weighted by Crippen LogP contribution is -2.08. The van der Waals surface area contributed by atoms with Crippen molar-refractivity contribution in [1.29, 1.82) is 0 Å². The Morgan fingerprint density at radius 1 is 1.36 bits per heavy atom. The van der Waals surface area contributed by atoms with Crippen LogP contribution < -0.4 is 0 Å². The predicted molar refractivity (Wildman–Crippen MR) is 52.8 cm³/mol. The highest BCUT2D eigenvalue weighted by Crippen LogP contribution is 2.60. The summed E-state index contributed by atoms with van der Waals surface area (Å²) in [5.41, 5.74) is 0. The van der Waals surface area contributed by atoms with Gasteiger partial charge in [-0.2, -0.15) is 14.7 Å². The van der Waals surface area contributed by atoms with E-state index in [4.69, 9.17) is 24.5 Å². The zero-order valence-corrected chi connectivity index (χ0v) is 9.56. The molecule has 0 aromatic heterocycles. The summed E-state index contributed by atoms with van der Waals surface area (Å²) >= 11 is 0. The van der Waals surface area contributed by atoms with Crippen LogP contribution in [0.2, 0.25) is 0 Å². The second-order valence-corrected chi connectivity index (χ2v) is 6.57. The Labute approximate surface area is 81.9 Å². The molecule has 0 radical (unpaired) electrons. The minimum Gasteiger partial charge on any atom is -0.317 e. The highest BCUT2D eigenvalue weighted by atomic mass is 31.3. The van der Waals surface area contributed by atoms with E-state index >= 15 is 0 Å². The van der Waals surface area contributed by atoms with E-state index in [0.29, 0.717) is 0 Å². The van der Waals surface area contributed by atoms with Crippen molar-refractivity contribution in [2.45, 2.75) is 13.8 Å². The first-order valence-corrected chi connectivity index (χ1v) is 6.99. The van der Waals surface area contributed by atoms with Crippen molar-refractivity contribution in [1.82, 2.24) is 0 Å². The molecule has 0 rings (SSSR count). The van der Waals surface area contributed by atoms with E-state index in [-0.39, 0.29) is 12.5 Å². The van der Waals surface area contributed by atoms with Gasteiger partial charge in [0.25, 0.3) is 0 Å². The standard InChI is InChI=1S/C5H13NO6P2/c1-4(2)3-6-5(13(7,8)9)14(10,11)12/h4,7-9H,3H2,1-2H3,(H-,10,11,12)/p+1. The van der Waals surface area contributed by atoms with Gasteiger partial charge in [-0.05, 0) is 5.92 Å². The smallest absolute Gasteiger partial charge is 0.317 e. The fraction of sp³-hybridized carbons (Fsp3) is 0.800. The maximum absolute atomic E-state index is 10.7. The van der Waals surface area contributed by atoms with Gasteiger partial charge in [-0.15, -0.1) is 0 Å². The molecule has 0 spiro atoms. The first-order chi connectivity index (χ1) is 6.05. The second-order valence-electron chi connectivity index (χ2n) is 3.15. The minimum atomic E-state index is -4.90. The average Bonchev–Trinajstić information content (AvgIpc) is 1.78. The largest absolute Gasteiger partial charge is 0.469 e. The number of hydrogen-bond acceptors (Lipinski definition) is 5. The van der Waals surface area contributed by atoms with Gasteiger partial charge < -0.3 is 9.79 Å². The highest BCUT2D eigenvalue weighted by Gasteiger charge is 2.51. The molecule has 0 bridgehead atoms. The summed E-state index contributed by atoms with van der Waals surface area (Å²) < 4.78 is 10.7. The summed E-state index contributed by atoms with van der Waals surface area (Å²) in [6.45, 7) is 3.46. The van der Waals surface area contributed by atoms with Crippen LogP contribution in [-0.2, 0) is 4.57 Å². The van der Waals surface area contributed by atoms with Crippen LogP contribution in [0.4, 0.5) is 0 Å². The normalized spacial score (nSPS) is 15.0. The van der Waals surface area contributed by atoms with Crippen molar-refractivity contribution in [3.63, 3.8) is 0 Å². The molecule has 0 aromatic carbocycles. The Balaban J connectivity index is 4.95. The van der Waals surface area contributed by atoms with Gasteiger partial charge in [0.15, 0.2) is 0 Å². The number of hydrogen-bond donors (Lipinski definition) is 5. The van der Waals surface area contributed by atoms with Crippen molar-refractivity contribution < 1.29 is 29.0 Å². The molecule has 0 heterocycles. The number of nitrogens with zero attached hydrogens (tertiary/aromatic N) is 1. The fourth-order valence-electron chi connectivity index (χ4n) is 0.626. The molecule has 0 amide bonds. The zero-order valence-electron chi connectivity index (χ0n) is 7.77. The molecule has 0 atom stereocenters. The molecule has 0 aliphatic heterocycles. The molecule has 0 unspecified atom stereocenters. The number of aliphatic imine (C=N–C) groups is 1. The lowest BCUT2D eigenvalue weighted by atomic mass is 10.2. The third kappa shape index (κ3) is 5.12. The summed E-state index contributed by atoms with van der Waals surface area (Å²) in [6, 6.07) is 0. The molecule has 0 saturated heterocycles. The van der Waals surface area contributed by atoms with Gasteiger partial charge in [0.1, 0.15) is 0 Å². The van der Waals surface area contributed by atoms with E-state index < -0.39 is 20.7 Å². The first-order valence-electron chi connectivity index (χ1n) is 3.73. The fourth-order valence-corrected chi connectivity index (χ4v) is 2.56. The average molecular weight is 246 g/mol. The van der Waals surface area contributed by atoms with Gasteiger partial charge in [0.05, 0.1) is 0 Å². The van der Waals surface area contributed by atoms with Crippen LogP contribution >= 0.6 is 15.5 Å². The molecule has 9 heteroatoms. The van der Waals surface area contributed by atoms with E-state index in [2.05, 4.69) is 4.99 Å². The van der Waals surface area contributed by atoms with Crippen molar-refractivity contribution in [2.24, 2.45) is 10.9 Å². The van der Waals surface area contributed by atoms with E-state index in [1.54, 1.807) is 13.8 Å². The third-order valence-corrected chi connectivity index (χ3v) is 4.05. The molecule has 0 aliphatic rings. The second kappa shape index (κ2) is 4.77. The highest BCUT2D eigenvalue weighted by molar-refractivity contribution is 8.00. The molecule has 0 saturated carbocycles. The maximum Gasteiger partial charge on any atom is 0.469 e. The van der Waals surface area contributed by atoms with E-state index in [1.807, 2.05) is 0 Å². The summed E-state index contributed by atoms with van der Waals surface area (Å²) in [5, 5.41) is -1.22. The summed E-state index contributed by atoms with van der Waals surface area (Å²) in [4.78, 5) is 46.8. The van der Waals surface area contributed by atoms with Crippen molar-refractivity contribution in [2.75, 3.05) is 6.54 Å². The van der Waals surface area contributed by atoms with Gasteiger partial charge in [0, 0.05) is 6.54 Å². The van der Waals surface area contributed by atoms with Gasteiger partial charge in [-0.25, -0.2) is 9.56 Å². The summed E-state index contributed by atoms with van der Waals surface area (Å²) in [7, 11) is -9.62. The van der Waals surface area contributed by atoms with Crippen LogP contribution in [0, 0.1) is 5.92 Å². The van der Waals surface area contributed by atoms with Gasteiger partial charge in [0.2, 0.25) is 0 Å². The molecule has 14 heavy (non-hydrogen) atoms. The van der Waals surface area contributed by atoms with Crippen LogP contribution in [0.15, 0.2) is 4.99 Å². The lowest BCUT2D eigenvalue weighted by Gasteiger charge is -2.08. The van der Waals surface area contributed by atoms with Crippen LogP contribution in [0.1, 0.15) is 13.8 Å². The molecular formula is C5H14NO6P2+. The Morgan fingerprint density at radius 2 is 1.79 bits per heavy atom. The van der Waals surface area contributed by atoms with Gasteiger partial charge in [-0.3, -0.25) is 0 Å². The van der Waals surface area contributed by atoms with Crippen LogP contribution in [0.25, 0.3) is 0 Å². The monoisotopic (exact) mass is 246 g/mol. The van der Waals surface area contributed by atoms with Crippen LogP contribution in [0.3, 0.4) is 0 Å². The zero-order chi connectivity index (χ0) is 11.6. The van der Waals surface area contributed by atoms with E-state index in [0.717, 1.165) is 0 Å². The molecule has 84 valence electrons. The molecular weight excluding hydrogens is 232 g/mol. The summed E-state index contributed by atoms with van der Waals surface area (Å²) in [6.07, 6.45) is 0. The van der Waals surface area contributed by atoms with Gasteiger partial charge >= 0.3 is 20.7 Å². The SMILES string of the molecule is CC(C)CN=C(P(=O)(O)O)[P+](O)(O)O. The van der Waals surface area contributed by atoms with Crippen molar-refractivity contribution >= 4 is 20.7 Å². The lowest BCUT2D eigenvalue weighted by molar-refractivity contribution is 0.348. The Hall–Kier alpha value is 0.130. The predicted octanol–water partition coefficient (Wildman–Crippen LogP) is -0.0844. The molecule has 0 fully saturated rings. The molecule has 0 aromatic rings. The summed E-state index contributed by atoms with van der Waals surface area (Å²) in [5.74, 6) is -0.0110. The van der Waals surface area contributed by atoms with E-state index in [1.165, 1.54) is 0 Å². The van der Waals surface area contributed by atoms with Crippen LogP contribution in [0.5, 0.6) is 0 Å². The quantitative estimate of drug-likeness (QED) is 0.348. The molecule has 7 nitrogen and oxygen atoms in total. The topological polar surface area (TPSA) is 131 Å². The van der Waals surface area contributed by atoms with Crippen LogP contribution in [-0.4, -0.2) is 36.2 Å². The van der Waals surface area contributed by atoms with Crippen molar-refractivity contribution in [3.05, 3.63) is 0 Å². The minimum absolute atomic E-state index is 0.00384. The van der Waals surface area contributed by atoms with Crippen molar-refractivity contribution in [3.8, 4) is 0 Å². The Bertz CT molecular complexity index is 264. The Kier molecular flexibility index (Phi) is 4.81. The molecule has 5 N–H and O–H groups in total. The van der Waals surface area contributed by atoms with E-state index in [9.17, 15) is 4.57 Å².